The van der Waals surface area contributed by atoms with Crippen LogP contribution in [0.15, 0.2) is 47.5 Å². The summed E-state index contributed by atoms with van der Waals surface area (Å²) in [6.07, 6.45) is -3.64. The maximum atomic E-state index is 13.0. The van der Waals surface area contributed by atoms with Crippen LogP contribution in [0, 0.1) is 0 Å². The Morgan fingerprint density at radius 2 is 1.78 bits per heavy atom. The van der Waals surface area contributed by atoms with Crippen LogP contribution in [-0.2, 0) is 12.7 Å². The van der Waals surface area contributed by atoms with Crippen molar-refractivity contribution in [3.8, 4) is 11.5 Å². The molecule has 0 spiro atoms. The van der Waals surface area contributed by atoms with Crippen molar-refractivity contribution < 1.29 is 22.6 Å². The monoisotopic (exact) mass is 493 g/mol. The molecule has 0 atom stereocenters. The van der Waals surface area contributed by atoms with Gasteiger partial charge in [0.05, 0.1) is 25.3 Å². The summed E-state index contributed by atoms with van der Waals surface area (Å²) >= 11 is 0. The lowest BCUT2D eigenvalue weighted by molar-refractivity contribution is -0.138. The molecule has 0 saturated carbocycles. The number of benzene rings is 2. The molecule has 0 unspecified atom stereocenters. The van der Waals surface area contributed by atoms with Crippen molar-refractivity contribution in [3.05, 3.63) is 53.6 Å². The van der Waals surface area contributed by atoms with Gasteiger partial charge in [0.15, 0.2) is 17.5 Å². The molecule has 0 radical (unpaired) electrons. The third-order valence-electron chi connectivity index (χ3n) is 3.76. The highest BCUT2D eigenvalue weighted by Gasteiger charge is 2.32. The molecule has 3 rings (SSSR count). The molecule has 0 saturated heterocycles. The highest BCUT2D eigenvalue weighted by atomic mass is 127. The van der Waals surface area contributed by atoms with Crippen molar-refractivity contribution in [1.29, 1.82) is 0 Å². The molecule has 5 nitrogen and oxygen atoms in total. The van der Waals surface area contributed by atoms with Gasteiger partial charge in [-0.2, -0.15) is 13.2 Å². The van der Waals surface area contributed by atoms with E-state index in [0.29, 0.717) is 30.4 Å². The zero-order valence-corrected chi connectivity index (χ0v) is 16.6. The summed E-state index contributed by atoms with van der Waals surface area (Å²) < 4.78 is 50.1. The van der Waals surface area contributed by atoms with Gasteiger partial charge in [-0.1, -0.05) is 18.2 Å². The highest BCUT2D eigenvalue weighted by molar-refractivity contribution is 14.0. The zero-order chi connectivity index (χ0) is 18.6. The van der Waals surface area contributed by atoms with E-state index in [9.17, 15) is 13.2 Å². The number of alkyl halides is 3. The lowest BCUT2D eigenvalue weighted by atomic mass is 10.1. The first-order chi connectivity index (χ1) is 12.4. The second kappa shape index (κ2) is 9.16. The molecule has 0 bridgehead atoms. The van der Waals surface area contributed by atoms with Gasteiger partial charge in [-0.15, -0.1) is 24.0 Å². The van der Waals surface area contributed by atoms with Gasteiger partial charge in [0, 0.05) is 18.2 Å². The van der Waals surface area contributed by atoms with E-state index in [4.69, 9.17) is 15.2 Å². The number of ether oxygens (including phenoxy) is 2. The van der Waals surface area contributed by atoms with Gasteiger partial charge in [0.25, 0.3) is 0 Å². The van der Waals surface area contributed by atoms with E-state index in [1.54, 1.807) is 18.2 Å². The fourth-order valence-electron chi connectivity index (χ4n) is 2.53. The Balaban J connectivity index is 0.00000261. The van der Waals surface area contributed by atoms with Gasteiger partial charge in [-0.25, -0.2) is 4.99 Å². The van der Waals surface area contributed by atoms with Crippen molar-refractivity contribution in [3.63, 3.8) is 0 Å². The van der Waals surface area contributed by atoms with Crippen LogP contribution in [0.1, 0.15) is 17.5 Å². The maximum Gasteiger partial charge on any atom is 0.416 e. The molecule has 0 fully saturated rings. The average Bonchev–Trinajstić information content (AvgIpc) is 2.84. The third-order valence-corrected chi connectivity index (χ3v) is 3.76. The molecule has 3 N–H and O–H groups in total. The summed E-state index contributed by atoms with van der Waals surface area (Å²) in [5.41, 5.74) is 5.76. The minimum Gasteiger partial charge on any atom is -0.490 e. The van der Waals surface area contributed by atoms with E-state index in [0.717, 1.165) is 12.5 Å². The van der Waals surface area contributed by atoms with Gasteiger partial charge < -0.3 is 20.5 Å². The number of nitrogens with one attached hydrogen (secondary N) is 1. The number of nitrogens with zero attached hydrogens (tertiary/aromatic N) is 1. The molecular weight excluding hydrogens is 474 g/mol. The molecule has 9 heteroatoms. The van der Waals surface area contributed by atoms with Crippen LogP contribution in [0.3, 0.4) is 0 Å². The van der Waals surface area contributed by atoms with Gasteiger partial charge in [0.2, 0.25) is 0 Å². The molecule has 146 valence electrons. The van der Waals surface area contributed by atoms with E-state index in [1.165, 1.54) is 18.2 Å². The summed E-state index contributed by atoms with van der Waals surface area (Å²) in [4.78, 5) is 4.01. The minimum absolute atomic E-state index is 0. The Bertz CT molecular complexity index is 813. The average molecular weight is 493 g/mol. The molecule has 0 aromatic heterocycles. The van der Waals surface area contributed by atoms with Gasteiger partial charge in [-0.05, 0) is 23.8 Å². The SMILES string of the molecule is I.NC(=NCc1ccccc1C(F)(F)F)Nc1ccc2c(c1)OCCCO2. The van der Waals surface area contributed by atoms with Gasteiger partial charge in [0.1, 0.15) is 0 Å². The molecule has 1 heterocycles. The molecule has 1 aliphatic rings. The van der Waals surface area contributed by atoms with E-state index >= 15 is 0 Å². The molecular formula is C18H19F3IN3O2. The van der Waals surface area contributed by atoms with Gasteiger partial charge >= 0.3 is 6.18 Å². The number of halogens is 4. The number of rotatable bonds is 3. The Kier molecular flexibility index (Phi) is 7.17. The number of nitrogens with two attached hydrogens (primary N) is 1. The van der Waals surface area contributed by atoms with Crippen LogP contribution in [0.25, 0.3) is 0 Å². The Labute approximate surface area is 171 Å². The van der Waals surface area contributed by atoms with Crippen molar-refractivity contribution in [2.45, 2.75) is 19.1 Å². The number of aliphatic imine (C=N–C) groups is 1. The van der Waals surface area contributed by atoms with Crippen LogP contribution >= 0.6 is 24.0 Å². The Morgan fingerprint density at radius 3 is 2.52 bits per heavy atom. The second-order valence-corrected chi connectivity index (χ2v) is 5.69. The first-order valence-corrected chi connectivity index (χ1v) is 8.05. The van der Waals surface area contributed by atoms with Crippen LogP contribution in [0.4, 0.5) is 18.9 Å². The lowest BCUT2D eigenvalue weighted by Gasteiger charge is -2.12. The zero-order valence-electron chi connectivity index (χ0n) is 14.3. The molecule has 0 amide bonds. The van der Waals surface area contributed by atoms with Crippen LogP contribution in [0.2, 0.25) is 0 Å². The smallest absolute Gasteiger partial charge is 0.416 e. The molecule has 2 aromatic rings. The number of hydrogen-bond donors (Lipinski definition) is 2. The number of fused-ring (bicyclic) bond motifs is 1. The normalized spacial score (nSPS) is 14.1. The van der Waals surface area contributed by atoms with E-state index in [2.05, 4.69) is 10.3 Å². The summed E-state index contributed by atoms with van der Waals surface area (Å²) in [7, 11) is 0. The standard InChI is InChI=1S/C18H18F3N3O2.HI/c19-18(20,21)14-5-2-1-4-12(14)11-23-17(22)24-13-6-7-15-16(10-13)26-9-3-8-25-15;/h1-2,4-7,10H,3,8-9,11H2,(H3,22,23,24);1H. The van der Waals surface area contributed by atoms with Crippen LogP contribution < -0.4 is 20.5 Å². The first-order valence-electron chi connectivity index (χ1n) is 8.05. The Hall–Kier alpha value is -2.17. The van der Waals surface area contributed by atoms with Gasteiger partial charge in [-0.3, -0.25) is 0 Å². The van der Waals surface area contributed by atoms with Crippen molar-refractivity contribution >= 4 is 35.6 Å². The first kappa shape index (κ1) is 21.1. The molecule has 2 aromatic carbocycles. The van der Waals surface area contributed by atoms with E-state index < -0.39 is 11.7 Å². The van der Waals surface area contributed by atoms with Crippen molar-refractivity contribution in [1.82, 2.24) is 0 Å². The fourth-order valence-corrected chi connectivity index (χ4v) is 2.53. The molecule has 0 aliphatic carbocycles. The maximum absolute atomic E-state index is 13.0. The predicted molar refractivity (Wildman–Crippen MR) is 108 cm³/mol. The fraction of sp³-hybridized carbons (Fsp3) is 0.278. The molecule has 27 heavy (non-hydrogen) atoms. The Morgan fingerprint density at radius 1 is 1.07 bits per heavy atom. The quantitative estimate of drug-likeness (QED) is 0.378. The number of anilines is 1. The second-order valence-electron chi connectivity index (χ2n) is 5.69. The van der Waals surface area contributed by atoms with Crippen LogP contribution in [0.5, 0.6) is 11.5 Å². The largest absolute Gasteiger partial charge is 0.490 e. The van der Waals surface area contributed by atoms with Crippen LogP contribution in [-0.4, -0.2) is 19.2 Å². The van der Waals surface area contributed by atoms with Crippen molar-refractivity contribution in [2.75, 3.05) is 18.5 Å². The predicted octanol–water partition coefficient (Wildman–Crippen LogP) is 4.41. The lowest BCUT2D eigenvalue weighted by Crippen LogP contribution is -2.23. The summed E-state index contributed by atoms with van der Waals surface area (Å²) in [5.74, 6) is 1.24. The number of hydrogen-bond acceptors (Lipinski definition) is 3. The van der Waals surface area contributed by atoms with E-state index in [1.807, 2.05) is 0 Å². The number of guanidine groups is 1. The topological polar surface area (TPSA) is 68.9 Å². The summed E-state index contributed by atoms with van der Waals surface area (Å²) in [6.45, 7) is 0.954. The van der Waals surface area contributed by atoms with E-state index in [-0.39, 0.29) is 42.0 Å². The minimum atomic E-state index is -4.43. The molecule has 1 aliphatic heterocycles. The summed E-state index contributed by atoms with van der Waals surface area (Å²) in [5, 5.41) is 2.85. The van der Waals surface area contributed by atoms with Crippen molar-refractivity contribution in [2.24, 2.45) is 10.7 Å². The third kappa shape index (κ3) is 5.65. The summed E-state index contributed by atoms with van der Waals surface area (Å²) in [6, 6.07) is 10.5. The highest BCUT2D eigenvalue weighted by Crippen LogP contribution is 2.33.